The Bertz CT molecular complexity index is 1790. The van der Waals surface area contributed by atoms with Crippen molar-refractivity contribution in [3.8, 4) is 23.3 Å². The quantitative estimate of drug-likeness (QED) is 0.216. The molecule has 2 aromatic heterocycles. The van der Waals surface area contributed by atoms with Crippen molar-refractivity contribution in [1.82, 2.24) is 19.3 Å². The molecular weight excluding hydrogens is 550 g/mol. The molecule has 0 saturated carbocycles. The van der Waals surface area contributed by atoms with Crippen LogP contribution in [0, 0.1) is 18.3 Å². The van der Waals surface area contributed by atoms with Crippen LogP contribution in [-0.2, 0) is 22.6 Å². The van der Waals surface area contributed by atoms with Crippen LogP contribution in [0.5, 0.6) is 17.2 Å². The zero-order valence-electron chi connectivity index (χ0n) is 22.3. The number of hydrogen-bond donors (Lipinski definition) is 0. The number of ether oxygens (including phenoxy) is 3. The number of aromatic nitrogens is 4. The Balaban J connectivity index is 1.73. The van der Waals surface area contributed by atoms with Crippen LogP contribution in [-0.4, -0.2) is 39.5 Å². The molecule has 0 saturated heterocycles. The molecule has 4 aromatic rings. The molecule has 0 amide bonds. The van der Waals surface area contributed by atoms with Crippen molar-refractivity contribution in [3.05, 3.63) is 115 Å². The second-order valence-electron chi connectivity index (χ2n) is 8.74. The smallest absolute Gasteiger partial charge is 0.330 e. The van der Waals surface area contributed by atoms with Gasteiger partial charge in [0, 0.05) is 16.7 Å². The van der Waals surface area contributed by atoms with Gasteiger partial charge in [-0.2, -0.15) is 10.4 Å². The maximum Gasteiger partial charge on any atom is 0.330 e. The summed E-state index contributed by atoms with van der Waals surface area (Å²) in [5.41, 5.74) is 0.921. The number of nitrogens with zero attached hydrogens (tertiary/aromatic N) is 5. The maximum atomic E-state index is 13.4. The second kappa shape index (κ2) is 12.8. The third-order valence-electron chi connectivity index (χ3n) is 5.87. The van der Waals surface area contributed by atoms with E-state index in [9.17, 15) is 19.6 Å². The lowest BCUT2D eigenvalue weighted by Crippen LogP contribution is -2.29. The number of carbonyl (C=O) groups excluding carboxylic acids is 1. The van der Waals surface area contributed by atoms with Gasteiger partial charge in [-0.1, -0.05) is 23.7 Å². The number of methoxy groups -OCH3 is 2. The van der Waals surface area contributed by atoms with Crippen molar-refractivity contribution in [2.45, 2.75) is 20.0 Å². The van der Waals surface area contributed by atoms with Crippen LogP contribution in [0.1, 0.15) is 28.1 Å². The van der Waals surface area contributed by atoms with Gasteiger partial charge in [0.05, 0.1) is 56.7 Å². The zero-order chi connectivity index (χ0) is 29.5. The summed E-state index contributed by atoms with van der Waals surface area (Å²) in [5.74, 6) is 0.174. The van der Waals surface area contributed by atoms with E-state index in [4.69, 9.17) is 21.1 Å². The second-order valence-corrected chi connectivity index (χ2v) is 9.18. The molecule has 0 aliphatic carbocycles. The largest absolute Gasteiger partial charge is 0.497 e. The summed E-state index contributed by atoms with van der Waals surface area (Å²) in [6.45, 7) is 1.67. The number of carbonyl (C=O) groups is 1. The lowest BCUT2D eigenvalue weighted by Gasteiger charge is -2.13. The van der Waals surface area contributed by atoms with Gasteiger partial charge >= 0.3 is 5.97 Å². The van der Waals surface area contributed by atoms with Crippen molar-refractivity contribution in [1.29, 1.82) is 5.26 Å². The molecule has 12 heteroatoms. The summed E-state index contributed by atoms with van der Waals surface area (Å²) in [5, 5.41) is 14.0. The van der Waals surface area contributed by atoms with E-state index in [0.717, 1.165) is 11.6 Å². The number of halogens is 1. The van der Waals surface area contributed by atoms with Gasteiger partial charge in [0.15, 0.2) is 0 Å². The molecule has 0 radical (unpaired) electrons. The molecule has 11 nitrogen and oxygen atoms in total. The fraction of sp³-hybridized carbons (Fsp3) is 0.172. The normalized spacial score (nSPS) is 10.8. The topological polar surface area (TPSA) is 138 Å². The third kappa shape index (κ3) is 7.06. The number of benzene rings is 2. The molecule has 0 aliphatic heterocycles. The Labute approximate surface area is 239 Å². The Kier molecular flexibility index (Phi) is 8.96. The summed E-state index contributed by atoms with van der Waals surface area (Å²) in [7, 11) is 2.79. The molecule has 2 heterocycles. The highest BCUT2D eigenvalue weighted by Crippen LogP contribution is 2.25. The van der Waals surface area contributed by atoms with Gasteiger partial charge < -0.3 is 14.2 Å². The molecule has 0 spiro atoms. The molecule has 208 valence electrons. The first kappa shape index (κ1) is 28.8. The first-order valence-electron chi connectivity index (χ1n) is 12.1. The molecule has 41 heavy (non-hydrogen) atoms. The number of esters is 1. The summed E-state index contributed by atoms with van der Waals surface area (Å²) in [6.07, 6.45) is 3.80. The predicted octanol–water partition coefficient (Wildman–Crippen LogP) is 3.72. The highest BCUT2D eigenvalue weighted by Gasteiger charge is 2.15. The van der Waals surface area contributed by atoms with Crippen LogP contribution in [0.15, 0.2) is 70.5 Å². The molecule has 0 aliphatic rings. The highest BCUT2D eigenvalue weighted by atomic mass is 35.5. The van der Waals surface area contributed by atoms with Gasteiger partial charge in [-0.15, -0.1) is 0 Å². The summed E-state index contributed by atoms with van der Waals surface area (Å²) in [4.78, 5) is 42.6. The summed E-state index contributed by atoms with van der Waals surface area (Å²) in [6, 6.07) is 15.0. The Morgan fingerprint density at radius 2 is 1.80 bits per heavy atom. The van der Waals surface area contributed by atoms with Crippen molar-refractivity contribution < 1.29 is 19.0 Å². The minimum Gasteiger partial charge on any atom is -0.497 e. The first-order valence-corrected chi connectivity index (χ1v) is 12.5. The van der Waals surface area contributed by atoms with E-state index >= 15 is 0 Å². The van der Waals surface area contributed by atoms with Crippen LogP contribution in [0.25, 0.3) is 6.08 Å². The van der Waals surface area contributed by atoms with E-state index < -0.39 is 17.1 Å². The van der Waals surface area contributed by atoms with Gasteiger partial charge in [-0.3, -0.25) is 14.2 Å². The average molecular weight is 574 g/mol. The summed E-state index contributed by atoms with van der Waals surface area (Å²) >= 11 is 6.08. The van der Waals surface area contributed by atoms with Crippen molar-refractivity contribution in [2.75, 3.05) is 14.2 Å². The van der Waals surface area contributed by atoms with Crippen molar-refractivity contribution in [2.24, 2.45) is 0 Å². The molecule has 4 rings (SSSR count). The zero-order valence-corrected chi connectivity index (χ0v) is 23.1. The van der Waals surface area contributed by atoms with Crippen LogP contribution in [0.4, 0.5) is 0 Å². The Morgan fingerprint density at radius 1 is 1.05 bits per heavy atom. The maximum absolute atomic E-state index is 13.4. The van der Waals surface area contributed by atoms with Crippen molar-refractivity contribution >= 4 is 23.6 Å². The molecule has 0 atom stereocenters. The van der Waals surface area contributed by atoms with Gasteiger partial charge in [0.25, 0.3) is 11.1 Å². The Hall–Kier alpha value is -5.21. The minimum atomic E-state index is -0.634. The SMILES string of the molecule is COC(=O)/C=C/c1cc(Cn2cnc(C)c(Oc3cc(Cl)cc(C#N)c3)c2=O)nn(Cc2ccc(OC)cc2)c1=O. The molecule has 0 fully saturated rings. The molecule has 0 unspecified atom stereocenters. The predicted molar refractivity (Wildman–Crippen MR) is 150 cm³/mol. The Morgan fingerprint density at radius 3 is 2.49 bits per heavy atom. The van der Waals surface area contributed by atoms with Crippen LogP contribution in [0.2, 0.25) is 5.02 Å². The van der Waals surface area contributed by atoms with E-state index in [1.54, 1.807) is 38.3 Å². The first-order chi connectivity index (χ1) is 19.7. The standard InChI is InChI=1S/C29H24ClN5O6/c1-18-27(41-25-11-20(14-31)10-22(30)13-25)29(38)34(17-32-18)16-23-12-21(6-9-26(36)40-3)28(37)35(33-23)15-19-4-7-24(39-2)8-5-19/h4-13,17H,15-16H2,1-3H3/b9-6+. The minimum absolute atomic E-state index is 0.0592. The average Bonchev–Trinajstić information content (AvgIpc) is 2.97. The number of rotatable bonds is 9. The van der Waals surface area contributed by atoms with E-state index in [2.05, 4.69) is 14.8 Å². The van der Waals surface area contributed by atoms with Crippen LogP contribution >= 0.6 is 11.6 Å². The van der Waals surface area contributed by atoms with E-state index in [-0.39, 0.29) is 40.7 Å². The molecular formula is C29H24ClN5O6. The molecule has 0 bridgehead atoms. The van der Waals surface area contributed by atoms with Gasteiger partial charge in [-0.05, 0) is 55.0 Å². The van der Waals surface area contributed by atoms with Gasteiger partial charge in [0.2, 0.25) is 5.75 Å². The number of nitriles is 1. The van der Waals surface area contributed by atoms with E-state index in [1.807, 2.05) is 6.07 Å². The fourth-order valence-corrected chi connectivity index (χ4v) is 4.04. The van der Waals surface area contributed by atoms with Crippen LogP contribution < -0.4 is 20.6 Å². The number of hydrogen-bond acceptors (Lipinski definition) is 9. The summed E-state index contributed by atoms with van der Waals surface area (Å²) < 4.78 is 18.2. The highest BCUT2D eigenvalue weighted by molar-refractivity contribution is 6.30. The molecule has 2 aromatic carbocycles. The molecule has 0 N–H and O–H groups in total. The van der Waals surface area contributed by atoms with Crippen molar-refractivity contribution in [3.63, 3.8) is 0 Å². The van der Waals surface area contributed by atoms with Crippen LogP contribution in [0.3, 0.4) is 0 Å². The van der Waals surface area contributed by atoms with E-state index in [1.165, 1.54) is 53.0 Å². The fourth-order valence-electron chi connectivity index (χ4n) is 3.81. The van der Waals surface area contributed by atoms with Gasteiger partial charge in [0.1, 0.15) is 11.5 Å². The van der Waals surface area contributed by atoms with E-state index in [0.29, 0.717) is 17.1 Å². The lowest BCUT2D eigenvalue weighted by molar-refractivity contribution is -0.134. The third-order valence-corrected chi connectivity index (χ3v) is 6.09. The number of aryl methyl sites for hydroxylation is 1. The monoisotopic (exact) mass is 573 g/mol. The lowest BCUT2D eigenvalue weighted by atomic mass is 10.2. The van der Waals surface area contributed by atoms with Gasteiger partial charge in [-0.25, -0.2) is 14.5 Å².